The highest BCUT2D eigenvalue weighted by molar-refractivity contribution is 5.73. The maximum Gasteiger partial charge on any atom is 0.341 e. The molecule has 2 atom stereocenters. The Morgan fingerprint density at radius 2 is 2.00 bits per heavy atom. The molecule has 0 aliphatic carbocycles. The SMILES string of the molecule is C[C@@H]1CN(C(=O)NOCC(=O)O)C[C@H](C)O1. The van der Waals surface area contributed by atoms with E-state index >= 15 is 0 Å². The summed E-state index contributed by atoms with van der Waals surface area (Å²) in [5.41, 5.74) is 2.08. The van der Waals surface area contributed by atoms with Crippen molar-refractivity contribution in [3.05, 3.63) is 0 Å². The van der Waals surface area contributed by atoms with Gasteiger partial charge in [-0.05, 0) is 13.8 Å². The zero-order valence-corrected chi connectivity index (χ0v) is 9.30. The predicted octanol–water partition coefficient (Wildman–Crippen LogP) is -0.179. The van der Waals surface area contributed by atoms with Crippen LogP contribution in [0, 0.1) is 0 Å². The van der Waals surface area contributed by atoms with Crippen LogP contribution in [0.3, 0.4) is 0 Å². The number of ether oxygens (including phenoxy) is 1. The van der Waals surface area contributed by atoms with Gasteiger partial charge in [0.15, 0.2) is 6.61 Å². The number of aliphatic carboxylic acids is 1. The van der Waals surface area contributed by atoms with Crippen molar-refractivity contribution in [1.82, 2.24) is 10.4 Å². The number of hydrogen-bond donors (Lipinski definition) is 2. The van der Waals surface area contributed by atoms with Crippen LogP contribution in [-0.2, 0) is 14.4 Å². The summed E-state index contributed by atoms with van der Waals surface area (Å²) < 4.78 is 5.45. The maximum absolute atomic E-state index is 11.5. The number of nitrogens with one attached hydrogen (secondary N) is 1. The quantitative estimate of drug-likeness (QED) is 0.659. The molecule has 1 rings (SSSR count). The molecule has 0 aromatic rings. The van der Waals surface area contributed by atoms with Crippen molar-refractivity contribution in [1.29, 1.82) is 0 Å². The van der Waals surface area contributed by atoms with Crippen LogP contribution < -0.4 is 5.48 Å². The van der Waals surface area contributed by atoms with E-state index in [2.05, 4.69) is 10.3 Å². The lowest BCUT2D eigenvalue weighted by Gasteiger charge is -2.34. The van der Waals surface area contributed by atoms with E-state index in [4.69, 9.17) is 9.84 Å². The summed E-state index contributed by atoms with van der Waals surface area (Å²) in [5, 5.41) is 8.31. The molecular formula is C9H16N2O5. The van der Waals surface area contributed by atoms with Gasteiger partial charge in [0.25, 0.3) is 0 Å². The minimum absolute atomic E-state index is 0.0334. The normalized spacial score (nSPS) is 25.2. The molecule has 7 nitrogen and oxygen atoms in total. The van der Waals surface area contributed by atoms with Gasteiger partial charge in [-0.1, -0.05) is 0 Å². The Hall–Kier alpha value is -1.34. The minimum atomic E-state index is -1.14. The van der Waals surface area contributed by atoms with Gasteiger partial charge in [0, 0.05) is 13.1 Å². The van der Waals surface area contributed by atoms with E-state index in [-0.39, 0.29) is 12.2 Å². The molecule has 92 valence electrons. The van der Waals surface area contributed by atoms with Crippen LogP contribution in [0.5, 0.6) is 0 Å². The molecule has 1 aliphatic rings. The lowest BCUT2D eigenvalue weighted by molar-refractivity contribution is -0.144. The van der Waals surface area contributed by atoms with E-state index in [0.29, 0.717) is 13.1 Å². The molecule has 0 aromatic carbocycles. The van der Waals surface area contributed by atoms with Gasteiger partial charge in [-0.3, -0.25) is 4.84 Å². The molecule has 7 heteroatoms. The first kappa shape index (κ1) is 12.7. The average molecular weight is 232 g/mol. The summed E-state index contributed by atoms with van der Waals surface area (Å²) in [4.78, 5) is 27.7. The second-order valence-electron chi connectivity index (χ2n) is 3.75. The highest BCUT2D eigenvalue weighted by atomic mass is 16.7. The number of carboxylic acid groups (broad SMARTS) is 1. The summed E-state index contributed by atoms with van der Waals surface area (Å²) in [6.45, 7) is 4.11. The zero-order chi connectivity index (χ0) is 12.1. The van der Waals surface area contributed by atoms with Crippen molar-refractivity contribution >= 4 is 12.0 Å². The monoisotopic (exact) mass is 232 g/mol. The molecule has 1 saturated heterocycles. The van der Waals surface area contributed by atoms with Crippen molar-refractivity contribution in [3.8, 4) is 0 Å². The van der Waals surface area contributed by atoms with Crippen LogP contribution in [-0.4, -0.2) is 53.9 Å². The molecule has 0 radical (unpaired) electrons. The number of carbonyl (C=O) groups is 2. The second kappa shape index (κ2) is 5.66. The fraction of sp³-hybridized carbons (Fsp3) is 0.778. The third-order valence-corrected chi connectivity index (χ3v) is 2.06. The van der Waals surface area contributed by atoms with Crippen molar-refractivity contribution in [3.63, 3.8) is 0 Å². The topological polar surface area (TPSA) is 88.1 Å². The number of nitrogens with zero attached hydrogens (tertiary/aromatic N) is 1. The fourth-order valence-electron chi connectivity index (χ4n) is 1.57. The Labute approximate surface area is 93.3 Å². The number of carboxylic acids is 1. The zero-order valence-electron chi connectivity index (χ0n) is 9.30. The van der Waals surface area contributed by atoms with Crippen molar-refractivity contribution in [2.24, 2.45) is 0 Å². The minimum Gasteiger partial charge on any atom is -0.479 e. The number of carbonyl (C=O) groups excluding carboxylic acids is 1. The molecule has 0 bridgehead atoms. The number of hydroxylamine groups is 1. The Morgan fingerprint density at radius 3 is 2.50 bits per heavy atom. The number of hydrogen-bond acceptors (Lipinski definition) is 4. The molecule has 0 saturated carbocycles. The molecule has 16 heavy (non-hydrogen) atoms. The highest BCUT2D eigenvalue weighted by Crippen LogP contribution is 2.10. The molecule has 0 unspecified atom stereocenters. The van der Waals surface area contributed by atoms with Gasteiger partial charge in [0.1, 0.15) is 0 Å². The third-order valence-electron chi connectivity index (χ3n) is 2.06. The molecule has 2 amide bonds. The first-order chi connectivity index (χ1) is 7.49. The number of amides is 2. The van der Waals surface area contributed by atoms with Gasteiger partial charge < -0.3 is 14.7 Å². The Balaban J connectivity index is 2.32. The Bertz CT molecular complexity index is 261. The molecular weight excluding hydrogens is 216 g/mol. The van der Waals surface area contributed by atoms with Crippen LogP contribution >= 0.6 is 0 Å². The first-order valence-electron chi connectivity index (χ1n) is 5.03. The van der Waals surface area contributed by atoms with Crippen molar-refractivity contribution in [2.45, 2.75) is 26.1 Å². The molecule has 1 aliphatic heterocycles. The van der Waals surface area contributed by atoms with Crippen LogP contribution in [0.25, 0.3) is 0 Å². The van der Waals surface area contributed by atoms with Crippen LogP contribution in [0.1, 0.15) is 13.8 Å². The fourth-order valence-corrected chi connectivity index (χ4v) is 1.57. The summed E-state index contributed by atoms with van der Waals surface area (Å²) in [6, 6.07) is -0.441. The largest absolute Gasteiger partial charge is 0.479 e. The first-order valence-corrected chi connectivity index (χ1v) is 5.03. The van der Waals surface area contributed by atoms with E-state index in [1.54, 1.807) is 0 Å². The second-order valence-corrected chi connectivity index (χ2v) is 3.75. The van der Waals surface area contributed by atoms with Crippen LogP contribution in [0.4, 0.5) is 4.79 Å². The van der Waals surface area contributed by atoms with Crippen molar-refractivity contribution < 1.29 is 24.3 Å². The van der Waals surface area contributed by atoms with Gasteiger partial charge in [-0.25, -0.2) is 15.1 Å². The smallest absolute Gasteiger partial charge is 0.341 e. The summed E-state index contributed by atoms with van der Waals surface area (Å²) in [6.07, 6.45) is -0.0667. The molecule has 1 fully saturated rings. The molecule has 0 aromatic heterocycles. The van der Waals surface area contributed by atoms with E-state index in [9.17, 15) is 9.59 Å². The molecule has 1 heterocycles. The summed E-state index contributed by atoms with van der Waals surface area (Å²) in [7, 11) is 0. The van der Waals surface area contributed by atoms with Crippen molar-refractivity contribution in [2.75, 3.05) is 19.7 Å². The van der Waals surface area contributed by atoms with Gasteiger partial charge >= 0.3 is 12.0 Å². The average Bonchev–Trinajstić information content (AvgIpc) is 2.15. The van der Waals surface area contributed by atoms with Crippen LogP contribution in [0.15, 0.2) is 0 Å². The van der Waals surface area contributed by atoms with Gasteiger partial charge in [-0.2, -0.15) is 0 Å². The molecule has 0 spiro atoms. The standard InChI is InChI=1S/C9H16N2O5/c1-6-3-11(4-7(2)16-6)9(14)10-15-5-8(12)13/h6-7H,3-5H2,1-2H3,(H,10,14)(H,12,13)/t6-,7+. The predicted molar refractivity (Wildman–Crippen MR) is 53.7 cm³/mol. The molecule has 2 N–H and O–H groups in total. The van der Waals surface area contributed by atoms with Gasteiger partial charge in [0.2, 0.25) is 0 Å². The number of morpholine rings is 1. The Kier molecular flexibility index (Phi) is 4.51. The third kappa shape index (κ3) is 4.03. The van der Waals surface area contributed by atoms with Gasteiger partial charge in [0.05, 0.1) is 12.2 Å². The Morgan fingerprint density at radius 1 is 1.44 bits per heavy atom. The summed E-state index contributed by atoms with van der Waals surface area (Å²) in [5.74, 6) is -1.14. The number of rotatable bonds is 3. The number of urea groups is 1. The maximum atomic E-state index is 11.5. The van der Waals surface area contributed by atoms with Gasteiger partial charge in [-0.15, -0.1) is 0 Å². The van der Waals surface area contributed by atoms with E-state index in [0.717, 1.165) is 0 Å². The van der Waals surface area contributed by atoms with Crippen LogP contribution in [0.2, 0.25) is 0 Å². The van der Waals surface area contributed by atoms with E-state index in [1.165, 1.54) is 4.90 Å². The summed E-state index contributed by atoms with van der Waals surface area (Å²) >= 11 is 0. The highest BCUT2D eigenvalue weighted by Gasteiger charge is 2.25. The lowest BCUT2D eigenvalue weighted by atomic mass is 10.2. The van der Waals surface area contributed by atoms with E-state index in [1.807, 2.05) is 13.8 Å². The van der Waals surface area contributed by atoms with E-state index < -0.39 is 18.6 Å². The lowest BCUT2D eigenvalue weighted by Crippen LogP contribution is -2.51.